The van der Waals surface area contributed by atoms with Crippen molar-refractivity contribution < 1.29 is 19.1 Å². The second kappa shape index (κ2) is 10.7. The van der Waals surface area contributed by atoms with Gasteiger partial charge in [0, 0.05) is 49.0 Å². The molecule has 2 heterocycles. The maximum absolute atomic E-state index is 13.9. The molecule has 2 saturated heterocycles. The molecule has 0 saturated carbocycles. The second-order valence-corrected chi connectivity index (χ2v) is 9.72. The Morgan fingerprint density at radius 3 is 2.05 bits per heavy atom. The number of amides is 2. The van der Waals surface area contributed by atoms with Gasteiger partial charge < -0.3 is 24.2 Å². The number of ether oxygens (including phenoxy) is 2. The van der Waals surface area contributed by atoms with Gasteiger partial charge in [0.25, 0.3) is 0 Å². The third-order valence-corrected chi connectivity index (χ3v) is 7.45. The van der Waals surface area contributed by atoms with Crippen LogP contribution in [0.2, 0.25) is 5.02 Å². The van der Waals surface area contributed by atoms with Gasteiger partial charge in [-0.25, -0.2) is 0 Å². The Morgan fingerprint density at radius 2 is 1.46 bits per heavy atom. The molecule has 0 aromatic heterocycles. The van der Waals surface area contributed by atoms with Crippen LogP contribution in [0.4, 0.5) is 11.4 Å². The molecular formula is C29H30ClN3O4. The summed E-state index contributed by atoms with van der Waals surface area (Å²) < 4.78 is 10.6. The predicted octanol–water partition coefficient (Wildman–Crippen LogP) is 4.80. The summed E-state index contributed by atoms with van der Waals surface area (Å²) in [6.45, 7) is 2.60. The van der Waals surface area contributed by atoms with E-state index in [1.54, 1.807) is 19.1 Å². The highest BCUT2D eigenvalue weighted by molar-refractivity contribution is 6.30. The molecule has 2 amide bonds. The number of carbonyl (C=O) groups is 2. The molecule has 0 unspecified atom stereocenters. The molecule has 5 rings (SSSR count). The SMILES string of the molecule is COc1ccc([C@@H]2[C@H](C(=O)N3CCN(c4cccc(Cl)c4)CC3)CC(=O)N2c2ccc(OC)cc2)cc1. The summed E-state index contributed by atoms with van der Waals surface area (Å²) in [6, 6.07) is 22.4. The Kier molecular flexibility index (Phi) is 7.24. The van der Waals surface area contributed by atoms with Crippen LogP contribution in [0, 0.1) is 5.92 Å². The van der Waals surface area contributed by atoms with E-state index in [0.717, 1.165) is 22.7 Å². The minimum absolute atomic E-state index is 0.0101. The number of nitrogens with zero attached hydrogens (tertiary/aromatic N) is 3. The lowest BCUT2D eigenvalue weighted by Crippen LogP contribution is -2.51. The Bertz CT molecular complexity index is 1260. The summed E-state index contributed by atoms with van der Waals surface area (Å²) in [7, 11) is 3.23. The Hall–Kier alpha value is -3.71. The van der Waals surface area contributed by atoms with Gasteiger partial charge in [0.2, 0.25) is 11.8 Å². The molecule has 0 N–H and O–H groups in total. The van der Waals surface area contributed by atoms with Crippen LogP contribution in [-0.2, 0) is 9.59 Å². The van der Waals surface area contributed by atoms with Gasteiger partial charge in [0.15, 0.2) is 0 Å². The highest BCUT2D eigenvalue weighted by Gasteiger charge is 2.46. The van der Waals surface area contributed by atoms with Crippen molar-refractivity contribution in [3.8, 4) is 11.5 Å². The van der Waals surface area contributed by atoms with Crippen molar-refractivity contribution in [1.29, 1.82) is 0 Å². The van der Waals surface area contributed by atoms with Gasteiger partial charge in [0.1, 0.15) is 11.5 Å². The van der Waals surface area contributed by atoms with Gasteiger partial charge in [-0.15, -0.1) is 0 Å². The van der Waals surface area contributed by atoms with Crippen LogP contribution < -0.4 is 19.3 Å². The largest absolute Gasteiger partial charge is 0.497 e. The molecule has 8 heteroatoms. The topological polar surface area (TPSA) is 62.3 Å². The molecule has 37 heavy (non-hydrogen) atoms. The number of hydrogen-bond donors (Lipinski definition) is 0. The quantitative estimate of drug-likeness (QED) is 0.468. The summed E-state index contributed by atoms with van der Waals surface area (Å²) in [5.41, 5.74) is 2.70. The zero-order chi connectivity index (χ0) is 25.9. The van der Waals surface area contributed by atoms with Gasteiger partial charge in [-0.2, -0.15) is 0 Å². The van der Waals surface area contributed by atoms with E-state index >= 15 is 0 Å². The van der Waals surface area contributed by atoms with Gasteiger partial charge >= 0.3 is 0 Å². The first-order valence-electron chi connectivity index (χ1n) is 12.4. The molecule has 0 radical (unpaired) electrons. The third kappa shape index (κ3) is 5.09. The maximum atomic E-state index is 13.9. The van der Waals surface area contributed by atoms with E-state index in [9.17, 15) is 9.59 Å². The fourth-order valence-corrected chi connectivity index (χ4v) is 5.46. The first-order valence-corrected chi connectivity index (χ1v) is 12.8. The van der Waals surface area contributed by atoms with E-state index in [1.165, 1.54) is 0 Å². The highest BCUT2D eigenvalue weighted by Crippen LogP contribution is 2.43. The number of halogens is 1. The summed E-state index contributed by atoms with van der Waals surface area (Å²) >= 11 is 6.17. The van der Waals surface area contributed by atoms with E-state index < -0.39 is 12.0 Å². The lowest BCUT2D eigenvalue weighted by molar-refractivity contribution is -0.136. The average Bonchev–Trinajstić information content (AvgIpc) is 3.29. The number of methoxy groups -OCH3 is 2. The zero-order valence-electron chi connectivity index (χ0n) is 21.0. The van der Waals surface area contributed by atoms with E-state index in [1.807, 2.05) is 77.7 Å². The molecule has 3 aromatic carbocycles. The lowest BCUT2D eigenvalue weighted by Gasteiger charge is -2.38. The standard InChI is InChI=1S/C29H30ClN3O4/c1-36-24-10-6-20(7-11-24)28-26(19-27(34)33(28)22-8-12-25(37-2)13-9-22)29(35)32-16-14-31(15-17-32)23-5-3-4-21(30)18-23/h3-13,18,26,28H,14-17,19H2,1-2H3/t26-,28-/m1/s1. The van der Waals surface area contributed by atoms with Crippen molar-refractivity contribution in [2.45, 2.75) is 12.5 Å². The van der Waals surface area contributed by atoms with Crippen LogP contribution in [0.3, 0.4) is 0 Å². The number of hydrogen-bond acceptors (Lipinski definition) is 5. The fourth-order valence-electron chi connectivity index (χ4n) is 5.28. The number of carbonyl (C=O) groups excluding carboxylic acids is 2. The molecular weight excluding hydrogens is 490 g/mol. The van der Waals surface area contributed by atoms with Crippen molar-refractivity contribution in [2.24, 2.45) is 5.92 Å². The average molecular weight is 520 g/mol. The van der Waals surface area contributed by atoms with Crippen LogP contribution >= 0.6 is 11.6 Å². The van der Waals surface area contributed by atoms with E-state index in [2.05, 4.69) is 4.90 Å². The summed E-state index contributed by atoms with van der Waals surface area (Å²) in [6.07, 6.45) is 0.163. The summed E-state index contributed by atoms with van der Waals surface area (Å²) in [5, 5.41) is 0.696. The van der Waals surface area contributed by atoms with Gasteiger partial charge in [-0.3, -0.25) is 9.59 Å². The van der Waals surface area contributed by atoms with Gasteiger partial charge in [0.05, 0.1) is 26.2 Å². The van der Waals surface area contributed by atoms with Crippen molar-refractivity contribution in [3.05, 3.63) is 83.4 Å². The van der Waals surface area contributed by atoms with Gasteiger partial charge in [-0.05, 0) is 60.2 Å². The second-order valence-electron chi connectivity index (χ2n) is 9.28. The lowest BCUT2D eigenvalue weighted by atomic mass is 9.91. The van der Waals surface area contributed by atoms with Crippen LogP contribution in [0.1, 0.15) is 18.0 Å². The van der Waals surface area contributed by atoms with E-state index in [0.29, 0.717) is 37.0 Å². The first-order chi connectivity index (χ1) is 18.0. The highest BCUT2D eigenvalue weighted by atomic mass is 35.5. The number of anilines is 2. The molecule has 0 aliphatic carbocycles. The molecule has 2 aliphatic rings. The Balaban J connectivity index is 1.40. The molecule has 192 valence electrons. The Morgan fingerprint density at radius 1 is 0.838 bits per heavy atom. The van der Waals surface area contributed by atoms with E-state index in [4.69, 9.17) is 21.1 Å². The zero-order valence-corrected chi connectivity index (χ0v) is 21.7. The van der Waals surface area contributed by atoms with Gasteiger partial charge in [-0.1, -0.05) is 29.8 Å². The molecule has 7 nitrogen and oxygen atoms in total. The molecule has 2 fully saturated rings. The summed E-state index contributed by atoms with van der Waals surface area (Å²) in [4.78, 5) is 33.2. The van der Waals surface area contributed by atoms with E-state index in [-0.39, 0.29) is 18.2 Å². The summed E-state index contributed by atoms with van der Waals surface area (Å²) in [5.74, 6) is 0.893. The molecule has 2 atom stereocenters. The minimum atomic E-state index is -0.485. The smallest absolute Gasteiger partial charge is 0.228 e. The van der Waals surface area contributed by atoms with Crippen LogP contribution in [0.25, 0.3) is 0 Å². The number of benzene rings is 3. The molecule has 0 spiro atoms. The maximum Gasteiger partial charge on any atom is 0.228 e. The predicted molar refractivity (Wildman–Crippen MR) is 145 cm³/mol. The Labute approximate surface area is 222 Å². The molecule has 3 aromatic rings. The van der Waals surface area contributed by atoms with Crippen LogP contribution in [0.15, 0.2) is 72.8 Å². The number of piperazine rings is 1. The normalized spacial score (nSPS) is 19.8. The fraction of sp³-hybridized carbons (Fsp3) is 0.310. The molecule has 2 aliphatic heterocycles. The first kappa shape index (κ1) is 25.0. The third-order valence-electron chi connectivity index (χ3n) is 7.21. The van der Waals surface area contributed by atoms with Crippen molar-refractivity contribution in [2.75, 3.05) is 50.2 Å². The van der Waals surface area contributed by atoms with Crippen molar-refractivity contribution >= 4 is 34.8 Å². The minimum Gasteiger partial charge on any atom is -0.497 e. The van der Waals surface area contributed by atoms with Crippen molar-refractivity contribution in [3.63, 3.8) is 0 Å². The van der Waals surface area contributed by atoms with Crippen LogP contribution in [-0.4, -0.2) is 57.1 Å². The van der Waals surface area contributed by atoms with Crippen LogP contribution in [0.5, 0.6) is 11.5 Å². The molecule has 0 bridgehead atoms. The van der Waals surface area contributed by atoms with Crippen molar-refractivity contribution in [1.82, 2.24) is 4.90 Å². The monoisotopic (exact) mass is 519 g/mol. The number of rotatable bonds is 6.